The van der Waals surface area contributed by atoms with Crippen LogP contribution in [-0.2, 0) is 14.8 Å². The van der Waals surface area contributed by atoms with Gasteiger partial charge < -0.3 is 19.5 Å². The number of ether oxygens (including phenoxy) is 2. The Balaban J connectivity index is 1.58. The van der Waals surface area contributed by atoms with Crippen LogP contribution in [0.3, 0.4) is 0 Å². The van der Waals surface area contributed by atoms with Gasteiger partial charge in [0.1, 0.15) is 5.75 Å². The van der Waals surface area contributed by atoms with Crippen molar-refractivity contribution in [2.75, 3.05) is 26.5 Å². The van der Waals surface area contributed by atoms with Crippen molar-refractivity contribution in [2.24, 2.45) is 0 Å². The number of nitrogens with zero attached hydrogens (tertiary/aromatic N) is 1. The van der Waals surface area contributed by atoms with Crippen LogP contribution in [0, 0.1) is 0 Å². The number of likely N-dealkylation sites (tertiary alicyclic amines) is 1. The van der Waals surface area contributed by atoms with E-state index in [2.05, 4.69) is 10.8 Å². The van der Waals surface area contributed by atoms with Crippen molar-refractivity contribution in [1.29, 1.82) is 0 Å². The molecule has 2 atom stereocenters. The van der Waals surface area contributed by atoms with Crippen molar-refractivity contribution < 1.29 is 27.8 Å². The van der Waals surface area contributed by atoms with E-state index < -0.39 is 28.2 Å². The van der Waals surface area contributed by atoms with E-state index in [1.54, 1.807) is 7.11 Å². The third-order valence-corrected chi connectivity index (χ3v) is 6.88. The molecule has 9 heteroatoms. The first-order chi connectivity index (χ1) is 14.3. The molecule has 0 radical (unpaired) electrons. The first-order valence-electron chi connectivity index (χ1n) is 10.5. The number of hydrogen-bond acceptors (Lipinski definition) is 5. The van der Waals surface area contributed by atoms with E-state index in [1.165, 1.54) is 10.5 Å². The zero-order valence-corrected chi connectivity index (χ0v) is 18.4. The second-order valence-electron chi connectivity index (χ2n) is 8.23. The van der Waals surface area contributed by atoms with Gasteiger partial charge in [-0.15, -0.1) is 0 Å². The van der Waals surface area contributed by atoms with Crippen LogP contribution in [-0.4, -0.2) is 69.2 Å². The number of benzene rings is 1. The fraction of sp³-hybridized carbons (Fsp3) is 0.667. The number of carbonyl (C=O) groups is 1. The largest absolute Gasteiger partial charge is 0.496 e. The van der Waals surface area contributed by atoms with Gasteiger partial charge in [0.25, 0.3) is 0 Å². The molecule has 2 N–H and O–H groups in total. The van der Waals surface area contributed by atoms with Crippen LogP contribution >= 0.6 is 0 Å². The molecule has 1 aliphatic carbocycles. The van der Waals surface area contributed by atoms with Gasteiger partial charge in [-0.3, -0.25) is 0 Å². The van der Waals surface area contributed by atoms with Gasteiger partial charge in [-0.1, -0.05) is 18.2 Å². The second-order valence-corrected chi connectivity index (χ2v) is 10.0. The highest BCUT2D eigenvalue weighted by atomic mass is 32.2. The van der Waals surface area contributed by atoms with E-state index in [1.807, 2.05) is 18.2 Å². The molecule has 0 bridgehead atoms. The van der Waals surface area contributed by atoms with Gasteiger partial charge >= 0.3 is 6.09 Å². The van der Waals surface area contributed by atoms with Crippen molar-refractivity contribution in [2.45, 2.75) is 62.6 Å². The number of piperidine rings is 1. The minimum Gasteiger partial charge on any atom is -0.496 e. The van der Waals surface area contributed by atoms with Crippen LogP contribution in [0.25, 0.3) is 0 Å². The summed E-state index contributed by atoms with van der Waals surface area (Å²) in [6, 6.07) is 7.11. The molecule has 2 aliphatic rings. The van der Waals surface area contributed by atoms with Gasteiger partial charge in [0.15, 0.2) is 0 Å². The van der Waals surface area contributed by atoms with Crippen molar-refractivity contribution in [3.05, 3.63) is 29.8 Å². The Kier molecular flexibility index (Phi) is 7.60. The summed E-state index contributed by atoms with van der Waals surface area (Å²) < 4.78 is 37.6. The Morgan fingerprint density at radius 1 is 1.20 bits per heavy atom. The molecule has 1 aromatic carbocycles. The van der Waals surface area contributed by atoms with Crippen molar-refractivity contribution >= 4 is 16.1 Å². The molecule has 0 aromatic heterocycles. The molecule has 1 amide bonds. The Bertz CT molecular complexity index is 823. The number of carboxylic acid groups (broad SMARTS) is 1. The van der Waals surface area contributed by atoms with Crippen LogP contribution in [0.4, 0.5) is 4.79 Å². The lowest BCUT2D eigenvalue weighted by molar-refractivity contribution is -0.0227. The van der Waals surface area contributed by atoms with E-state index >= 15 is 0 Å². The smallest absolute Gasteiger partial charge is 0.407 e. The first kappa shape index (κ1) is 22.8. The average Bonchev–Trinajstić information content (AvgIpc) is 2.72. The maximum Gasteiger partial charge on any atom is 0.407 e. The normalized spacial score (nSPS) is 27.6. The molecule has 1 heterocycles. The summed E-state index contributed by atoms with van der Waals surface area (Å²) in [7, 11) is -1.74. The highest BCUT2D eigenvalue weighted by molar-refractivity contribution is 7.88. The highest BCUT2D eigenvalue weighted by Gasteiger charge is 2.37. The minimum absolute atomic E-state index is 0.0485. The third kappa shape index (κ3) is 5.86. The van der Waals surface area contributed by atoms with Gasteiger partial charge in [-0.2, -0.15) is 0 Å². The molecule has 1 saturated heterocycles. The Hall–Kier alpha value is -1.84. The van der Waals surface area contributed by atoms with Crippen LogP contribution in [0.15, 0.2) is 24.3 Å². The monoisotopic (exact) mass is 440 g/mol. The fourth-order valence-electron chi connectivity index (χ4n) is 4.69. The lowest BCUT2D eigenvalue weighted by atomic mass is 9.82. The van der Waals surface area contributed by atoms with E-state index in [0.717, 1.165) is 37.7 Å². The third-order valence-electron chi connectivity index (χ3n) is 6.15. The molecule has 1 saturated carbocycles. The average molecular weight is 441 g/mol. The number of rotatable bonds is 7. The summed E-state index contributed by atoms with van der Waals surface area (Å²) >= 11 is 0. The number of hydrogen-bond donors (Lipinski definition) is 2. The van der Waals surface area contributed by atoms with E-state index in [0.29, 0.717) is 25.3 Å². The van der Waals surface area contributed by atoms with E-state index in [9.17, 15) is 18.3 Å². The highest BCUT2D eigenvalue weighted by Crippen LogP contribution is 2.38. The number of methoxy groups -OCH3 is 1. The topological polar surface area (TPSA) is 105 Å². The molecule has 168 valence electrons. The van der Waals surface area contributed by atoms with Crippen LogP contribution < -0.4 is 9.46 Å². The van der Waals surface area contributed by atoms with E-state index in [4.69, 9.17) is 9.47 Å². The van der Waals surface area contributed by atoms with Crippen LogP contribution in [0.5, 0.6) is 5.75 Å². The molecule has 3 rings (SSSR count). The molecule has 8 nitrogen and oxygen atoms in total. The van der Waals surface area contributed by atoms with Gasteiger partial charge in [-0.05, 0) is 56.1 Å². The van der Waals surface area contributed by atoms with Crippen LogP contribution in [0.2, 0.25) is 0 Å². The number of nitrogens with one attached hydrogen (secondary N) is 1. The lowest BCUT2D eigenvalue weighted by Crippen LogP contribution is -2.58. The Morgan fingerprint density at radius 2 is 1.90 bits per heavy atom. The molecule has 30 heavy (non-hydrogen) atoms. The predicted octanol–water partition coefficient (Wildman–Crippen LogP) is 2.80. The summed E-state index contributed by atoms with van der Waals surface area (Å²) in [4.78, 5) is 13.0. The summed E-state index contributed by atoms with van der Waals surface area (Å²) in [6.45, 7) is 0.593. The van der Waals surface area contributed by atoms with Crippen molar-refractivity contribution in [3.63, 3.8) is 0 Å². The van der Waals surface area contributed by atoms with Gasteiger partial charge in [0.2, 0.25) is 10.0 Å². The molecular formula is C21H32N2O6S. The quantitative estimate of drug-likeness (QED) is 0.676. The summed E-state index contributed by atoms with van der Waals surface area (Å²) in [6.07, 6.45) is 5.05. The Morgan fingerprint density at radius 3 is 2.53 bits per heavy atom. The molecule has 2 fully saturated rings. The standard InChI is InChI=1S/C21H32N2O6S/c1-28-20-8-4-3-6-17(20)15-9-11-16(12-10-15)29-14-19-18(22-30(2,26)27)7-5-13-23(19)21(24)25/h3-4,6,8,15-16,18-19,22H,5,7,9-14H2,1-2H3,(H,24,25)/t15-,16+,18-,19-/m0/s1. The summed E-state index contributed by atoms with van der Waals surface area (Å²) in [5.41, 5.74) is 1.22. The van der Waals surface area contributed by atoms with Crippen molar-refractivity contribution in [1.82, 2.24) is 9.62 Å². The zero-order valence-electron chi connectivity index (χ0n) is 17.6. The maximum atomic E-state index is 11.7. The summed E-state index contributed by atoms with van der Waals surface area (Å²) in [5.74, 6) is 1.33. The maximum absolute atomic E-state index is 11.7. The zero-order chi connectivity index (χ0) is 21.7. The summed E-state index contributed by atoms with van der Waals surface area (Å²) in [5, 5.41) is 9.55. The van der Waals surface area contributed by atoms with Gasteiger partial charge in [0, 0.05) is 12.6 Å². The number of sulfonamides is 1. The number of amides is 1. The SMILES string of the molecule is COc1ccccc1[C@H]1CC[C@@H](OC[C@H]2[C@@H](NS(C)(=O)=O)CCCN2C(=O)O)CC1. The number of para-hydroxylation sites is 1. The molecule has 1 aromatic rings. The van der Waals surface area contributed by atoms with E-state index in [-0.39, 0.29) is 12.7 Å². The fourth-order valence-corrected chi connectivity index (χ4v) is 5.52. The minimum atomic E-state index is -3.43. The Labute approximate surface area is 178 Å². The van der Waals surface area contributed by atoms with Crippen LogP contribution in [0.1, 0.15) is 50.0 Å². The molecular weight excluding hydrogens is 408 g/mol. The molecule has 0 unspecified atom stereocenters. The van der Waals surface area contributed by atoms with Gasteiger partial charge in [0.05, 0.1) is 32.1 Å². The first-order valence-corrected chi connectivity index (χ1v) is 12.4. The molecule has 0 spiro atoms. The molecule has 1 aliphatic heterocycles. The van der Waals surface area contributed by atoms with Gasteiger partial charge in [-0.25, -0.2) is 17.9 Å². The lowest BCUT2D eigenvalue weighted by Gasteiger charge is -2.40. The van der Waals surface area contributed by atoms with Crippen molar-refractivity contribution in [3.8, 4) is 5.75 Å². The predicted molar refractivity (Wildman–Crippen MR) is 113 cm³/mol. The second kappa shape index (κ2) is 9.98.